The normalized spacial score (nSPS) is 16.9. The van der Waals surface area contributed by atoms with Gasteiger partial charge in [-0.25, -0.2) is 4.21 Å². The Balaban J connectivity index is 0.00000141. The van der Waals surface area contributed by atoms with Crippen LogP contribution in [0.5, 0.6) is 0 Å². The summed E-state index contributed by atoms with van der Waals surface area (Å²) in [7, 11) is 0.602. The fourth-order valence-electron chi connectivity index (χ4n) is 4.18. The van der Waals surface area contributed by atoms with Gasteiger partial charge in [0.05, 0.1) is 12.3 Å². The van der Waals surface area contributed by atoms with Gasteiger partial charge in [0.25, 0.3) is 0 Å². The largest absolute Gasteiger partial charge is 0.333 e. The van der Waals surface area contributed by atoms with Gasteiger partial charge in [0.1, 0.15) is 11.0 Å². The van der Waals surface area contributed by atoms with Crippen molar-refractivity contribution in [2.45, 2.75) is 24.7 Å². The fraction of sp³-hybridized carbons (Fsp3) is 0.250. The molecule has 0 bridgehead atoms. The van der Waals surface area contributed by atoms with Crippen LogP contribution in [0, 0.1) is 6.92 Å². The molecule has 2 aliphatic heterocycles. The Kier molecular flexibility index (Phi) is 8.79. The van der Waals surface area contributed by atoms with Gasteiger partial charge in [-0.05, 0) is 86.3 Å². The summed E-state index contributed by atoms with van der Waals surface area (Å²) in [6.07, 6.45) is 6.42. The second-order valence-corrected chi connectivity index (χ2v) is 10.6. The summed E-state index contributed by atoms with van der Waals surface area (Å²) in [4.78, 5) is 6.00. The molecule has 0 saturated carbocycles. The van der Waals surface area contributed by atoms with Crippen molar-refractivity contribution in [1.82, 2.24) is 0 Å². The molecule has 2 heterocycles. The summed E-state index contributed by atoms with van der Waals surface area (Å²) in [6, 6.07) is 23.2. The van der Waals surface area contributed by atoms with E-state index in [1.54, 1.807) is 11.9 Å². The van der Waals surface area contributed by atoms with Crippen molar-refractivity contribution in [2.75, 3.05) is 34.9 Å². The van der Waals surface area contributed by atoms with E-state index >= 15 is 0 Å². The number of hydrogen-bond acceptors (Lipinski definition) is 5. The van der Waals surface area contributed by atoms with Gasteiger partial charge in [0.2, 0.25) is 0 Å². The Morgan fingerprint density at radius 2 is 1.80 bits per heavy atom. The van der Waals surface area contributed by atoms with Crippen LogP contribution in [0.15, 0.2) is 82.7 Å². The maximum Gasteiger partial charge on any atom is 0.119 e. The van der Waals surface area contributed by atoms with Gasteiger partial charge in [0.15, 0.2) is 0 Å². The molecular formula is C28H32N4OS2. The van der Waals surface area contributed by atoms with Crippen molar-refractivity contribution >= 4 is 46.1 Å². The molecule has 5 nitrogen and oxygen atoms in total. The van der Waals surface area contributed by atoms with E-state index in [4.69, 9.17) is 4.99 Å². The number of aryl methyl sites for hydroxylation is 1. The van der Waals surface area contributed by atoms with E-state index in [1.165, 1.54) is 23.7 Å². The van der Waals surface area contributed by atoms with Crippen LogP contribution in [-0.4, -0.2) is 35.8 Å². The number of benzene rings is 3. The predicted octanol–water partition coefficient (Wildman–Crippen LogP) is 5.82. The smallest absolute Gasteiger partial charge is 0.119 e. The first-order chi connectivity index (χ1) is 17.2. The number of nitrogens with zero attached hydrogens (tertiary/aromatic N) is 2. The maximum absolute atomic E-state index is 12.3. The molecule has 1 atom stereocenters. The first-order valence-electron chi connectivity index (χ1n) is 11.9. The minimum atomic E-state index is -0.898. The molecule has 35 heavy (non-hydrogen) atoms. The molecular weight excluding hydrogens is 472 g/mol. The molecule has 1 saturated heterocycles. The Morgan fingerprint density at radius 3 is 2.60 bits per heavy atom. The average molecular weight is 505 g/mol. The van der Waals surface area contributed by atoms with Crippen LogP contribution in [-0.2, 0) is 11.0 Å². The standard InChI is InChI=1S/C27H27N3OS2.CH5N/c1-20-10-11-22(19-26(20)27-25-9-3-2-7-21(25)8-6-16-28-27)29-32-24-14-12-23(13-15-24)30-17-4-5-18-33(30)31;1-2/h2-3,6-15,19,29H,4-5,16-18H2,1H3;2H2,1H3. The van der Waals surface area contributed by atoms with Gasteiger partial charge < -0.3 is 10.5 Å². The summed E-state index contributed by atoms with van der Waals surface area (Å²) >= 11 is 1.58. The predicted molar refractivity (Wildman–Crippen MR) is 153 cm³/mol. The van der Waals surface area contributed by atoms with Crippen molar-refractivity contribution in [2.24, 2.45) is 10.7 Å². The van der Waals surface area contributed by atoms with Crippen LogP contribution in [0.25, 0.3) is 6.08 Å². The maximum atomic E-state index is 12.3. The number of nitrogens with one attached hydrogen (secondary N) is 1. The Hall–Kier alpha value is -2.87. The van der Waals surface area contributed by atoms with Crippen LogP contribution in [0.4, 0.5) is 11.4 Å². The van der Waals surface area contributed by atoms with E-state index < -0.39 is 11.0 Å². The lowest BCUT2D eigenvalue weighted by molar-refractivity contribution is 0.660. The highest BCUT2D eigenvalue weighted by Crippen LogP contribution is 2.29. The molecule has 1 fully saturated rings. The molecule has 182 valence electrons. The van der Waals surface area contributed by atoms with Crippen LogP contribution >= 0.6 is 11.9 Å². The fourth-order valence-corrected chi connectivity index (χ4v) is 6.17. The molecule has 3 aromatic rings. The molecule has 0 spiro atoms. The molecule has 1 unspecified atom stereocenters. The van der Waals surface area contributed by atoms with Crippen LogP contribution in [0.1, 0.15) is 35.1 Å². The topological polar surface area (TPSA) is 70.7 Å². The number of hydrogen-bond donors (Lipinski definition) is 2. The Morgan fingerprint density at radius 1 is 1.00 bits per heavy atom. The lowest BCUT2D eigenvalue weighted by Crippen LogP contribution is -2.32. The van der Waals surface area contributed by atoms with Crippen molar-refractivity contribution in [3.63, 3.8) is 0 Å². The summed E-state index contributed by atoms with van der Waals surface area (Å²) in [6.45, 7) is 3.69. The highest BCUT2D eigenvalue weighted by molar-refractivity contribution is 8.00. The van der Waals surface area contributed by atoms with Gasteiger partial charge in [-0.15, -0.1) is 0 Å². The van der Waals surface area contributed by atoms with Crippen LogP contribution in [0.3, 0.4) is 0 Å². The molecule has 0 aliphatic carbocycles. The zero-order valence-electron chi connectivity index (χ0n) is 20.2. The molecule has 7 heteroatoms. The number of anilines is 2. The molecule has 2 aliphatic rings. The molecule has 0 radical (unpaired) electrons. The van der Waals surface area contributed by atoms with Crippen LogP contribution in [0.2, 0.25) is 0 Å². The van der Waals surface area contributed by atoms with Crippen molar-refractivity contribution in [3.05, 3.63) is 95.1 Å². The summed E-state index contributed by atoms with van der Waals surface area (Å²) in [5, 5.41) is 0. The highest BCUT2D eigenvalue weighted by Gasteiger charge is 2.18. The van der Waals surface area contributed by atoms with Crippen molar-refractivity contribution in [1.29, 1.82) is 0 Å². The summed E-state index contributed by atoms with van der Waals surface area (Å²) < 4.78 is 17.8. The summed E-state index contributed by atoms with van der Waals surface area (Å²) in [5.41, 5.74) is 12.4. The van der Waals surface area contributed by atoms with Gasteiger partial charge in [-0.1, -0.05) is 42.5 Å². The third-order valence-corrected chi connectivity index (χ3v) is 8.32. The third-order valence-electron chi connectivity index (χ3n) is 5.95. The molecule has 0 amide bonds. The van der Waals surface area contributed by atoms with Gasteiger partial charge >= 0.3 is 0 Å². The van der Waals surface area contributed by atoms with E-state index in [-0.39, 0.29) is 0 Å². The van der Waals surface area contributed by atoms with E-state index in [0.29, 0.717) is 6.54 Å². The number of fused-ring (bicyclic) bond motifs is 1. The lowest BCUT2D eigenvalue weighted by atomic mass is 9.94. The number of nitrogens with two attached hydrogens (primary N) is 1. The van der Waals surface area contributed by atoms with Gasteiger partial charge in [-0.2, -0.15) is 0 Å². The highest BCUT2D eigenvalue weighted by atomic mass is 32.2. The van der Waals surface area contributed by atoms with E-state index in [1.807, 2.05) is 4.31 Å². The van der Waals surface area contributed by atoms with E-state index in [0.717, 1.165) is 52.7 Å². The zero-order valence-corrected chi connectivity index (χ0v) is 21.9. The first kappa shape index (κ1) is 25.2. The SMILES string of the molecule is CN.Cc1ccc(NSc2ccc(N3CCCCS3=O)cc2)cc1C1=NCC=Cc2ccccc21. The van der Waals surface area contributed by atoms with Crippen molar-refractivity contribution < 1.29 is 4.21 Å². The molecule has 5 rings (SSSR count). The second-order valence-electron chi connectivity index (χ2n) is 8.24. The quantitative estimate of drug-likeness (QED) is 0.430. The molecule has 0 aromatic heterocycles. The summed E-state index contributed by atoms with van der Waals surface area (Å²) in [5.74, 6) is 0.764. The minimum Gasteiger partial charge on any atom is -0.333 e. The Bertz CT molecular complexity index is 1240. The van der Waals surface area contributed by atoms with Gasteiger partial charge in [-0.3, -0.25) is 9.30 Å². The first-order valence-corrected chi connectivity index (χ1v) is 14.0. The zero-order chi connectivity index (χ0) is 24.6. The molecule has 3 aromatic carbocycles. The monoisotopic (exact) mass is 504 g/mol. The van der Waals surface area contributed by atoms with Crippen molar-refractivity contribution in [3.8, 4) is 0 Å². The number of rotatable bonds is 5. The molecule has 3 N–H and O–H groups in total. The van der Waals surface area contributed by atoms with E-state index in [9.17, 15) is 4.21 Å². The van der Waals surface area contributed by atoms with E-state index in [2.05, 4.69) is 96.3 Å². The minimum absolute atomic E-state index is 0.685. The Labute approximate surface area is 215 Å². The third kappa shape index (κ3) is 6.04. The number of aliphatic imine (C=N–C) groups is 1. The van der Waals surface area contributed by atoms with Crippen LogP contribution < -0.4 is 14.8 Å². The van der Waals surface area contributed by atoms with Gasteiger partial charge in [0, 0.05) is 39.7 Å². The second kappa shape index (κ2) is 12.2. The lowest BCUT2D eigenvalue weighted by Gasteiger charge is -2.27. The average Bonchev–Trinajstić information content (AvgIpc) is 3.13.